The van der Waals surface area contributed by atoms with Crippen molar-refractivity contribution in [3.8, 4) is 5.75 Å². The number of amides is 1. The van der Waals surface area contributed by atoms with E-state index < -0.39 is 10.0 Å². The van der Waals surface area contributed by atoms with Gasteiger partial charge in [-0.2, -0.15) is 4.31 Å². The summed E-state index contributed by atoms with van der Waals surface area (Å²) in [5, 5.41) is 3.10. The van der Waals surface area contributed by atoms with Gasteiger partial charge < -0.3 is 14.8 Å². The molecule has 1 saturated carbocycles. The van der Waals surface area contributed by atoms with Crippen molar-refractivity contribution in [3.63, 3.8) is 0 Å². The monoisotopic (exact) mass is 436 g/mol. The second kappa shape index (κ2) is 9.94. The Morgan fingerprint density at radius 2 is 1.97 bits per heavy atom. The minimum atomic E-state index is -3.71. The summed E-state index contributed by atoms with van der Waals surface area (Å²) in [7, 11) is -2.26. The average Bonchev–Trinajstić information content (AvgIpc) is 2.76. The molecular weight excluding hydrogens is 404 g/mol. The van der Waals surface area contributed by atoms with Gasteiger partial charge in [0.1, 0.15) is 10.6 Å². The molecule has 3 rings (SSSR count). The van der Waals surface area contributed by atoms with Gasteiger partial charge in [-0.3, -0.25) is 4.79 Å². The Bertz CT molecular complexity index is 878. The Morgan fingerprint density at radius 3 is 2.67 bits per heavy atom. The van der Waals surface area contributed by atoms with Crippen LogP contribution in [0.3, 0.4) is 0 Å². The number of ether oxygens (including phenoxy) is 2. The minimum absolute atomic E-state index is 0.101. The number of hydrogen-bond acceptors (Lipinski definition) is 5. The number of rotatable bonds is 6. The molecule has 1 aliphatic heterocycles. The Hall–Kier alpha value is -1.90. The number of sulfonamides is 1. The van der Waals surface area contributed by atoms with E-state index in [0.29, 0.717) is 43.7 Å². The van der Waals surface area contributed by atoms with Crippen molar-refractivity contribution in [3.05, 3.63) is 29.8 Å². The molecule has 30 heavy (non-hydrogen) atoms. The first-order valence-corrected chi connectivity index (χ1v) is 12.0. The molecule has 1 aromatic carbocycles. The lowest BCUT2D eigenvalue weighted by Gasteiger charge is -2.34. The van der Waals surface area contributed by atoms with Gasteiger partial charge in [0.2, 0.25) is 15.9 Å². The number of benzene rings is 1. The van der Waals surface area contributed by atoms with Gasteiger partial charge in [0.25, 0.3) is 0 Å². The zero-order chi connectivity index (χ0) is 21.7. The molecule has 1 aromatic rings. The van der Waals surface area contributed by atoms with Crippen molar-refractivity contribution in [2.75, 3.05) is 33.4 Å². The molecule has 2 aliphatic rings. The third kappa shape index (κ3) is 5.22. The Balaban J connectivity index is 1.75. The number of nitrogens with one attached hydrogen (secondary N) is 1. The van der Waals surface area contributed by atoms with Gasteiger partial charge >= 0.3 is 0 Å². The lowest BCUT2D eigenvalue weighted by molar-refractivity contribution is -0.117. The third-order valence-corrected chi connectivity index (χ3v) is 8.16. The molecule has 0 radical (unpaired) electrons. The van der Waals surface area contributed by atoms with Crippen LogP contribution in [0.25, 0.3) is 6.08 Å². The van der Waals surface area contributed by atoms with Gasteiger partial charge in [0, 0.05) is 25.2 Å². The molecule has 0 aromatic heterocycles. The maximum Gasteiger partial charge on any atom is 0.246 e. The first-order valence-electron chi connectivity index (χ1n) is 10.6. The predicted octanol–water partition coefficient (Wildman–Crippen LogP) is 2.67. The first-order chi connectivity index (χ1) is 14.3. The summed E-state index contributed by atoms with van der Waals surface area (Å²) in [5.74, 6) is 1.17. The molecule has 3 unspecified atom stereocenters. The van der Waals surface area contributed by atoms with E-state index in [1.807, 2.05) is 0 Å². The van der Waals surface area contributed by atoms with Crippen molar-refractivity contribution >= 4 is 22.0 Å². The molecule has 1 N–H and O–H groups in total. The molecule has 1 amide bonds. The van der Waals surface area contributed by atoms with E-state index in [4.69, 9.17) is 9.47 Å². The fraction of sp³-hybridized carbons (Fsp3) is 0.591. The highest BCUT2D eigenvalue weighted by atomic mass is 32.2. The van der Waals surface area contributed by atoms with Crippen LogP contribution in [-0.4, -0.2) is 58.1 Å². The van der Waals surface area contributed by atoms with Gasteiger partial charge in [-0.25, -0.2) is 8.42 Å². The smallest absolute Gasteiger partial charge is 0.246 e. The van der Waals surface area contributed by atoms with Crippen LogP contribution in [0.2, 0.25) is 0 Å². The van der Waals surface area contributed by atoms with Crippen LogP contribution in [0.5, 0.6) is 5.75 Å². The summed E-state index contributed by atoms with van der Waals surface area (Å²) in [6.45, 7) is 5.79. The summed E-state index contributed by atoms with van der Waals surface area (Å²) in [5.41, 5.74) is 0.628. The Kier molecular flexibility index (Phi) is 7.55. The number of methoxy groups -OCH3 is 1. The van der Waals surface area contributed by atoms with Gasteiger partial charge in [-0.15, -0.1) is 0 Å². The lowest BCUT2D eigenvalue weighted by Crippen LogP contribution is -2.43. The number of carbonyl (C=O) groups excluding carboxylic acids is 1. The van der Waals surface area contributed by atoms with Gasteiger partial charge in [-0.05, 0) is 42.0 Å². The largest absolute Gasteiger partial charge is 0.495 e. The highest BCUT2D eigenvalue weighted by Crippen LogP contribution is 2.30. The van der Waals surface area contributed by atoms with Crippen LogP contribution in [0.4, 0.5) is 0 Å². The van der Waals surface area contributed by atoms with Crippen molar-refractivity contribution in [2.24, 2.45) is 11.8 Å². The van der Waals surface area contributed by atoms with E-state index in [-0.39, 0.29) is 22.6 Å². The number of carbonyl (C=O) groups is 1. The highest BCUT2D eigenvalue weighted by Gasteiger charge is 2.30. The molecule has 7 nitrogen and oxygen atoms in total. The summed E-state index contributed by atoms with van der Waals surface area (Å²) < 4.78 is 38.1. The Labute approximate surface area is 179 Å². The van der Waals surface area contributed by atoms with Gasteiger partial charge in [0.05, 0.1) is 20.3 Å². The van der Waals surface area contributed by atoms with Crippen LogP contribution in [0, 0.1) is 11.8 Å². The second-order valence-corrected chi connectivity index (χ2v) is 10.0. The molecule has 1 saturated heterocycles. The molecular formula is C22H32N2O5S. The molecule has 8 heteroatoms. The van der Waals surface area contributed by atoms with Crippen molar-refractivity contribution in [2.45, 2.75) is 44.0 Å². The second-order valence-electron chi connectivity index (χ2n) is 8.14. The summed E-state index contributed by atoms with van der Waals surface area (Å²) in [6, 6.07) is 5.10. The summed E-state index contributed by atoms with van der Waals surface area (Å²) in [6.07, 6.45) is 6.44. The van der Waals surface area contributed by atoms with E-state index >= 15 is 0 Å². The number of hydrogen-bond donors (Lipinski definition) is 1. The van der Waals surface area contributed by atoms with E-state index in [1.165, 1.54) is 23.9 Å². The van der Waals surface area contributed by atoms with Gasteiger partial charge in [0.15, 0.2) is 0 Å². The van der Waals surface area contributed by atoms with Crippen molar-refractivity contribution in [1.82, 2.24) is 9.62 Å². The molecule has 3 atom stereocenters. The van der Waals surface area contributed by atoms with E-state index in [1.54, 1.807) is 24.3 Å². The van der Waals surface area contributed by atoms with Crippen LogP contribution in [0.1, 0.15) is 38.7 Å². The highest BCUT2D eigenvalue weighted by molar-refractivity contribution is 7.89. The van der Waals surface area contributed by atoms with Crippen LogP contribution in [0.15, 0.2) is 29.2 Å². The van der Waals surface area contributed by atoms with Crippen molar-refractivity contribution in [1.29, 1.82) is 0 Å². The molecule has 0 spiro atoms. The minimum Gasteiger partial charge on any atom is -0.495 e. The third-order valence-electron chi connectivity index (χ3n) is 6.24. The number of nitrogens with zero attached hydrogens (tertiary/aromatic N) is 1. The maximum absolute atomic E-state index is 13.1. The summed E-state index contributed by atoms with van der Waals surface area (Å²) in [4.78, 5) is 12.5. The quantitative estimate of drug-likeness (QED) is 0.693. The summed E-state index contributed by atoms with van der Waals surface area (Å²) >= 11 is 0. The Morgan fingerprint density at radius 1 is 1.23 bits per heavy atom. The van der Waals surface area contributed by atoms with Crippen LogP contribution >= 0.6 is 0 Å². The van der Waals surface area contributed by atoms with E-state index in [0.717, 1.165) is 12.8 Å². The molecule has 1 aliphatic carbocycles. The normalized spacial score (nSPS) is 25.9. The molecule has 166 valence electrons. The van der Waals surface area contributed by atoms with Crippen LogP contribution in [-0.2, 0) is 19.6 Å². The standard InChI is InChI=1S/C22H32N2O5S/c1-16-5-4-6-19(17(16)2)23-22(25)10-8-18-7-9-20(28-3)21(15-18)30(26,27)24-11-13-29-14-12-24/h7-10,15-17,19H,4-6,11-14H2,1-3H3,(H,23,25)/b10-8+. The topological polar surface area (TPSA) is 84.9 Å². The maximum atomic E-state index is 13.1. The SMILES string of the molecule is COc1ccc(/C=C/C(=O)NC2CCCC(C)C2C)cc1S(=O)(=O)N1CCOCC1. The van der Waals surface area contributed by atoms with Crippen molar-refractivity contribution < 1.29 is 22.7 Å². The molecule has 2 fully saturated rings. The average molecular weight is 437 g/mol. The van der Waals surface area contributed by atoms with E-state index in [9.17, 15) is 13.2 Å². The van der Waals surface area contributed by atoms with Crippen LogP contribution < -0.4 is 10.1 Å². The molecule has 0 bridgehead atoms. The molecule has 1 heterocycles. The number of morpholine rings is 1. The zero-order valence-electron chi connectivity index (χ0n) is 18.0. The first kappa shape index (κ1) is 22.8. The lowest BCUT2D eigenvalue weighted by atomic mass is 9.78. The fourth-order valence-electron chi connectivity index (χ4n) is 4.11. The predicted molar refractivity (Wildman–Crippen MR) is 116 cm³/mol. The fourth-order valence-corrected chi connectivity index (χ4v) is 5.71. The van der Waals surface area contributed by atoms with Gasteiger partial charge in [-0.1, -0.05) is 32.8 Å². The van der Waals surface area contributed by atoms with E-state index in [2.05, 4.69) is 19.2 Å². The zero-order valence-corrected chi connectivity index (χ0v) is 18.8.